The van der Waals surface area contributed by atoms with Crippen molar-refractivity contribution in [3.05, 3.63) is 35.9 Å². The Balaban J connectivity index is 1.72. The lowest BCUT2D eigenvalue weighted by molar-refractivity contribution is -0.122. The molecule has 2 rings (SSSR count). The van der Waals surface area contributed by atoms with Crippen LogP contribution in [-0.2, 0) is 14.6 Å². The van der Waals surface area contributed by atoms with Gasteiger partial charge in [0.25, 0.3) is 0 Å². The van der Waals surface area contributed by atoms with Crippen LogP contribution in [0.15, 0.2) is 30.3 Å². The number of carbonyl (C=O) groups excluding carboxylic acids is 1. The van der Waals surface area contributed by atoms with Crippen molar-refractivity contribution in [2.24, 2.45) is 5.73 Å². The minimum absolute atomic E-state index is 0.199. The lowest BCUT2D eigenvalue weighted by Gasteiger charge is -2.26. The molecule has 0 saturated carbocycles. The van der Waals surface area contributed by atoms with Gasteiger partial charge in [-0.3, -0.25) is 9.69 Å². The lowest BCUT2D eigenvalue weighted by Crippen LogP contribution is -2.45. The number of hydrogen-bond acceptors (Lipinski definition) is 5. The molecule has 1 aliphatic heterocycles. The van der Waals surface area contributed by atoms with Gasteiger partial charge < -0.3 is 11.1 Å². The highest BCUT2D eigenvalue weighted by Gasteiger charge is 2.21. The van der Waals surface area contributed by atoms with Gasteiger partial charge in [0.05, 0.1) is 11.5 Å². The van der Waals surface area contributed by atoms with E-state index in [1.54, 1.807) is 0 Å². The second-order valence-corrected chi connectivity index (χ2v) is 7.48. The lowest BCUT2D eigenvalue weighted by atomic mass is 10.1. The van der Waals surface area contributed by atoms with Crippen LogP contribution in [0.5, 0.6) is 0 Å². The van der Waals surface area contributed by atoms with Crippen LogP contribution in [0.3, 0.4) is 0 Å². The average molecular weight is 311 g/mol. The molecule has 6 nitrogen and oxygen atoms in total. The van der Waals surface area contributed by atoms with Gasteiger partial charge in [0.2, 0.25) is 5.91 Å². The van der Waals surface area contributed by atoms with E-state index >= 15 is 0 Å². The first-order valence-corrected chi connectivity index (χ1v) is 8.81. The van der Waals surface area contributed by atoms with E-state index in [0.717, 1.165) is 5.56 Å². The van der Waals surface area contributed by atoms with Gasteiger partial charge >= 0.3 is 0 Å². The number of nitrogens with zero attached hydrogens (tertiary/aromatic N) is 1. The van der Waals surface area contributed by atoms with Gasteiger partial charge in [-0.25, -0.2) is 8.42 Å². The van der Waals surface area contributed by atoms with Crippen molar-refractivity contribution in [2.45, 2.75) is 6.04 Å². The minimum Gasteiger partial charge on any atom is -0.353 e. The molecule has 1 unspecified atom stereocenters. The first kappa shape index (κ1) is 15.9. The zero-order valence-electron chi connectivity index (χ0n) is 11.9. The third kappa shape index (κ3) is 4.80. The van der Waals surface area contributed by atoms with Crippen molar-refractivity contribution >= 4 is 15.7 Å². The van der Waals surface area contributed by atoms with Gasteiger partial charge in [0.1, 0.15) is 6.04 Å². The number of carbonyl (C=O) groups is 1. The number of amides is 1. The van der Waals surface area contributed by atoms with E-state index in [9.17, 15) is 13.2 Å². The molecule has 0 radical (unpaired) electrons. The van der Waals surface area contributed by atoms with Crippen molar-refractivity contribution in [2.75, 3.05) is 37.7 Å². The molecule has 7 heteroatoms. The fraction of sp³-hybridized carbons (Fsp3) is 0.500. The summed E-state index contributed by atoms with van der Waals surface area (Å²) >= 11 is 0. The Hall–Kier alpha value is -1.44. The molecule has 1 atom stereocenters. The SMILES string of the molecule is NC(C(=O)NCCN1CCS(=O)(=O)CC1)c1ccccc1. The molecule has 0 aromatic heterocycles. The first-order chi connectivity index (χ1) is 9.98. The summed E-state index contributed by atoms with van der Waals surface area (Å²) in [7, 11) is -2.86. The van der Waals surface area contributed by atoms with E-state index in [1.165, 1.54) is 0 Å². The summed E-state index contributed by atoms with van der Waals surface area (Å²) < 4.78 is 22.6. The summed E-state index contributed by atoms with van der Waals surface area (Å²) in [5, 5.41) is 2.79. The maximum atomic E-state index is 11.9. The second-order valence-electron chi connectivity index (χ2n) is 5.17. The molecule has 21 heavy (non-hydrogen) atoms. The average Bonchev–Trinajstić information content (AvgIpc) is 2.49. The van der Waals surface area contributed by atoms with Crippen LogP contribution in [0.2, 0.25) is 0 Å². The Kier molecular flexibility index (Phi) is 5.33. The molecular formula is C14H21N3O3S. The molecular weight excluding hydrogens is 290 g/mol. The van der Waals surface area contributed by atoms with Crippen LogP contribution in [-0.4, -0.2) is 56.9 Å². The number of benzene rings is 1. The van der Waals surface area contributed by atoms with Crippen molar-refractivity contribution in [1.82, 2.24) is 10.2 Å². The topological polar surface area (TPSA) is 92.5 Å². The highest BCUT2D eigenvalue weighted by molar-refractivity contribution is 7.91. The smallest absolute Gasteiger partial charge is 0.241 e. The summed E-state index contributed by atoms with van der Waals surface area (Å²) in [6.07, 6.45) is 0. The van der Waals surface area contributed by atoms with Gasteiger partial charge in [0.15, 0.2) is 9.84 Å². The molecule has 1 fully saturated rings. The van der Waals surface area contributed by atoms with E-state index in [1.807, 2.05) is 35.2 Å². The molecule has 0 aliphatic carbocycles. The number of nitrogens with one attached hydrogen (secondary N) is 1. The Morgan fingerprint density at radius 1 is 1.24 bits per heavy atom. The largest absolute Gasteiger partial charge is 0.353 e. The van der Waals surface area contributed by atoms with Crippen LogP contribution in [0.1, 0.15) is 11.6 Å². The van der Waals surface area contributed by atoms with Crippen LogP contribution in [0.4, 0.5) is 0 Å². The van der Waals surface area contributed by atoms with Crippen LogP contribution in [0.25, 0.3) is 0 Å². The molecule has 0 bridgehead atoms. The quantitative estimate of drug-likeness (QED) is 0.767. The van der Waals surface area contributed by atoms with Gasteiger partial charge in [-0.15, -0.1) is 0 Å². The summed E-state index contributed by atoms with van der Waals surface area (Å²) in [4.78, 5) is 14.0. The Morgan fingerprint density at radius 2 is 1.86 bits per heavy atom. The summed E-state index contributed by atoms with van der Waals surface area (Å²) in [6, 6.07) is 8.53. The van der Waals surface area contributed by atoms with E-state index in [2.05, 4.69) is 5.32 Å². The number of rotatable bonds is 5. The van der Waals surface area contributed by atoms with Crippen LogP contribution < -0.4 is 11.1 Å². The maximum Gasteiger partial charge on any atom is 0.241 e. The van der Waals surface area contributed by atoms with Crippen molar-refractivity contribution in [3.8, 4) is 0 Å². The fourth-order valence-corrected chi connectivity index (χ4v) is 3.51. The summed E-state index contributed by atoms with van der Waals surface area (Å²) in [6.45, 7) is 2.17. The van der Waals surface area contributed by atoms with E-state index in [-0.39, 0.29) is 17.4 Å². The number of hydrogen-bond donors (Lipinski definition) is 2. The fourth-order valence-electron chi connectivity index (χ4n) is 2.23. The third-order valence-corrected chi connectivity index (χ3v) is 5.21. The van der Waals surface area contributed by atoms with Crippen molar-refractivity contribution in [1.29, 1.82) is 0 Å². The Morgan fingerprint density at radius 3 is 2.48 bits per heavy atom. The summed E-state index contributed by atoms with van der Waals surface area (Å²) in [5.41, 5.74) is 6.67. The monoisotopic (exact) mass is 311 g/mol. The van der Waals surface area contributed by atoms with Crippen molar-refractivity contribution in [3.63, 3.8) is 0 Å². The van der Waals surface area contributed by atoms with Crippen LogP contribution in [0, 0.1) is 0 Å². The third-order valence-electron chi connectivity index (χ3n) is 3.61. The standard InChI is InChI=1S/C14H21N3O3S/c15-13(12-4-2-1-3-5-12)14(18)16-6-7-17-8-10-21(19,20)11-9-17/h1-5,13H,6-11,15H2,(H,16,18). The molecule has 1 aromatic carbocycles. The van der Waals surface area contributed by atoms with E-state index in [4.69, 9.17) is 5.73 Å². The zero-order chi connectivity index (χ0) is 15.3. The highest BCUT2D eigenvalue weighted by Crippen LogP contribution is 2.09. The predicted octanol–water partition coefficient (Wildman–Crippen LogP) is -0.467. The zero-order valence-corrected chi connectivity index (χ0v) is 12.7. The number of sulfone groups is 1. The molecule has 3 N–H and O–H groups in total. The van der Waals surface area contributed by atoms with Gasteiger partial charge in [-0.1, -0.05) is 30.3 Å². The maximum absolute atomic E-state index is 11.9. The first-order valence-electron chi connectivity index (χ1n) is 6.99. The van der Waals surface area contributed by atoms with E-state index in [0.29, 0.717) is 26.2 Å². The number of nitrogens with two attached hydrogens (primary N) is 1. The predicted molar refractivity (Wildman–Crippen MR) is 81.5 cm³/mol. The molecule has 1 aliphatic rings. The molecule has 1 saturated heterocycles. The molecule has 0 spiro atoms. The Bertz CT molecular complexity index is 560. The van der Waals surface area contributed by atoms with Crippen LogP contribution >= 0.6 is 0 Å². The van der Waals surface area contributed by atoms with Crippen molar-refractivity contribution < 1.29 is 13.2 Å². The Labute approximate surface area is 125 Å². The second kappa shape index (κ2) is 7.02. The van der Waals surface area contributed by atoms with Gasteiger partial charge in [0, 0.05) is 26.2 Å². The summed E-state index contributed by atoms with van der Waals surface area (Å²) in [5.74, 6) is 0.181. The molecule has 1 heterocycles. The highest BCUT2D eigenvalue weighted by atomic mass is 32.2. The minimum atomic E-state index is -2.86. The normalized spacial score (nSPS) is 19.9. The molecule has 1 amide bonds. The van der Waals surface area contributed by atoms with Gasteiger partial charge in [-0.2, -0.15) is 0 Å². The van der Waals surface area contributed by atoms with E-state index < -0.39 is 15.9 Å². The molecule has 1 aromatic rings. The molecule has 116 valence electrons. The van der Waals surface area contributed by atoms with Gasteiger partial charge in [-0.05, 0) is 5.56 Å².